The number of aryl methyl sites for hydroxylation is 2. The van der Waals surface area contributed by atoms with Gasteiger partial charge < -0.3 is 9.80 Å². The quantitative estimate of drug-likeness (QED) is 0.0447. The number of nitrogens with zero attached hydrogens (tertiary/aromatic N) is 4. The molecule has 0 spiro atoms. The minimum Gasteiger partial charge on any atom is -0.363 e. The van der Waals surface area contributed by atoms with Gasteiger partial charge in [-0.3, -0.25) is 0 Å². The minimum absolute atomic E-state index is 1.14. The van der Waals surface area contributed by atoms with Crippen LogP contribution in [0.4, 0.5) is 30.0 Å². The lowest BCUT2D eigenvalue weighted by Crippen LogP contribution is -2.25. The molecular weight excluding hydrogens is 725 g/mol. The Morgan fingerprint density at radius 3 is 1.21 bits per heavy atom. The molecule has 1 aliphatic carbocycles. The van der Waals surface area contributed by atoms with E-state index in [-0.39, 0.29) is 0 Å². The van der Waals surface area contributed by atoms with Crippen LogP contribution in [0.3, 0.4) is 0 Å². The number of hydrogen-bond donors (Lipinski definition) is 0. The molecule has 0 saturated heterocycles. The third kappa shape index (κ3) is 11.4. The number of unbranched alkanes of at least 4 members (excludes halogenated alkanes) is 8. The highest BCUT2D eigenvalue weighted by Crippen LogP contribution is 2.41. The summed E-state index contributed by atoms with van der Waals surface area (Å²) < 4.78 is 5.00. The van der Waals surface area contributed by atoms with Crippen LogP contribution < -0.4 is 19.0 Å². The Kier molecular flexibility index (Phi) is 16.7. The number of anilines is 2. The Morgan fingerprint density at radius 2 is 0.849 bits per heavy atom. The van der Waals surface area contributed by atoms with Gasteiger partial charge in [0.1, 0.15) is 0 Å². The Morgan fingerprint density at radius 1 is 0.453 bits per heavy atom. The minimum atomic E-state index is 1.14. The normalized spacial score (nSPS) is 12.8. The Hall–Kier alpha value is -2.78. The van der Waals surface area contributed by atoms with Crippen molar-refractivity contribution in [3.8, 4) is 0 Å². The van der Waals surface area contributed by atoms with E-state index in [1.807, 2.05) is 45.3 Å². The molecule has 0 bridgehead atoms. The van der Waals surface area contributed by atoms with Gasteiger partial charge in [0.2, 0.25) is 11.4 Å². The maximum absolute atomic E-state index is 2.67. The van der Waals surface area contributed by atoms with Crippen molar-refractivity contribution in [2.45, 2.75) is 126 Å². The maximum Gasteiger partial charge on any atom is 0.270 e. The molecule has 4 aromatic heterocycles. The van der Waals surface area contributed by atoms with E-state index in [1.54, 1.807) is 0 Å². The van der Waals surface area contributed by atoms with Crippen LogP contribution in [-0.4, -0.2) is 37.6 Å². The van der Waals surface area contributed by atoms with Gasteiger partial charge in [0.05, 0.1) is 10.0 Å². The standard InChI is InChI=1S/C45H64N4S4/c1-8-12-16-30-46(31-17-13-9-2)40-26-28-42(52-40)48(43-29-27-41(53-43)47(32-18-14-10-3)33-19-15-11-4)38-22-23-39(35(5)34-38)49(44-24-20-36(6)50-44)45-25-21-37(7)51-45/h20-29,34H,8-19,30-33H2,1-7H3/q+2. The van der Waals surface area contributed by atoms with Crippen LogP contribution in [0.1, 0.15) is 121 Å². The second-order valence-electron chi connectivity index (χ2n) is 14.4. The van der Waals surface area contributed by atoms with Crippen LogP contribution in [-0.2, 0) is 0 Å². The van der Waals surface area contributed by atoms with Gasteiger partial charge in [-0.15, -0.1) is 9.15 Å². The smallest absolute Gasteiger partial charge is 0.270 e. The molecule has 0 radical (unpaired) electrons. The number of thiophene rings is 4. The van der Waals surface area contributed by atoms with Crippen molar-refractivity contribution in [2.24, 2.45) is 0 Å². The van der Waals surface area contributed by atoms with Crippen molar-refractivity contribution in [2.75, 3.05) is 36.0 Å². The number of rotatable bonds is 22. The zero-order valence-corrected chi connectivity index (χ0v) is 36.9. The first-order valence-electron chi connectivity index (χ1n) is 20.4. The fourth-order valence-electron chi connectivity index (χ4n) is 6.91. The average Bonchev–Trinajstić information content (AvgIpc) is 3.98. The fourth-order valence-corrected chi connectivity index (χ4v) is 11.0. The lowest BCUT2D eigenvalue weighted by Gasteiger charge is -2.23. The summed E-state index contributed by atoms with van der Waals surface area (Å²) in [5.41, 5.74) is 3.75. The van der Waals surface area contributed by atoms with Crippen molar-refractivity contribution in [1.82, 2.24) is 9.15 Å². The van der Waals surface area contributed by atoms with E-state index in [2.05, 4.69) is 134 Å². The molecule has 0 unspecified atom stereocenters. The number of allylic oxidation sites excluding steroid dienone is 4. The van der Waals surface area contributed by atoms with Gasteiger partial charge in [-0.25, -0.2) is 0 Å². The van der Waals surface area contributed by atoms with Crippen molar-refractivity contribution in [1.29, 1.82) is 0 Å². The fraction of sp³-hybridized carbons (Fsp3) is 0.511. The van der Waals surface area contributed by atoms with Gasteiger partial charge in [-0.1, -0.05) is 124 Å². The molecule has 0 aliphatic heterocycles. The summed E-state index contributed by atoms with van der Waals surface area (Å²) in [6, 6.07) is 18.6. The molecule has 0 amide bonds. The highest BCUT2D eigenvalue weighted by molar-refractivity contribution is 7.21. The molecule has 8 heteroatoms. The van der Waals surface area contributed by atoms with Crippen molar-refractivity contribution < 1.29 is 0 Å². The molecule has 0 N–H and O–H groups in total. The monoisotopic (exact) mass is 788 g/mol. The number of hydrogen-bond acceptors (Lipinski definition) is 6. The third-order valence-electron chi connectivity index (χ3n) is 9.92. The van der Waals surface area contributed by atoms with Gasteiger partial charge in [0, 0.05) is 84.0 Å². The van der Waals surface area contributed by atoms with Gasteiger partial charge in [0.15, 0.2) is 0 Å². The lowest BCUT2D eigenvalue weighted by molar-refractivity contribution is 0.639. The Bertz CT molecular complexity index is 1720. The highest BCUT2D eigenvalue weighted by Gasteiger charge is 2.30. The Labute approximate surface area is 337 Å². The second kappa shape index (κ2) is 21.3. The van der Waals surface area contributed by atoms with Gasteiger partial charge in [-0.05, 0) is 70.7 Å². The zero-order valence-electron chi connectivity index (χ0n) is 33.6. The summed E-state index contributed by atoms with van der Waals surface area (Å²) in [5, 5.41) is 7.91. The first-order valence-corrected chi connectivity index (χ1v) is 23.7. The van der Waals surface area contributed by atoms with Crippen LogP contribution in [0.25, 0.3) is 0 Å². The molecule has 4 heterocycles. The molecule has 4 aromatic rings. The molecule has 286 valence electrons. The Balaban J connectivity index is 1.60. The topological polar surface area (TPSA) is 12.5 Å². The second-order valence-corrected chi connectivity index (χ2v) is 19.1. The van der Waals surface area contributed by atoms with Crippen molar-refractivity contribution in [3.63, 3.8) is 0 Å². The summed E-state index contributed by atoms with van der Waals surface area (Å²) in [7, 11) is 0. The van der Waals surface area contributed by atoms with E-state index >= 15 is 0 Å². The van der Waals surface area contributed by atoms with E-state index in [0.717, 1.165) is 26.2 Å². The van der Waals surface area contributed by atoms with E-state index in [0.29, 0.717) is 0 Å². The highest BCUT2D eigenvalue weighted by atomic mass is 32.1. The van der Waals surface area contributed by atoms with Gasteiger partial charge in [-0.2, -0.15) is 0 Å². The van der Waals surface area contributed by atoms with E-state index < -0.39 is 0 Å². The predicted molar refractivity (Wildman–Crippen MR) is 245 cm³/mol. The molecule has 0 atom stereocenters. The van der Waals surface area contributed by atoms with E-state index in [4.69, 9.17) is 0 Å². The van der Waals surface area contributed by atoms with Crippen LogP contribution in [0, 0.1) is 13.8 Å². The third-order valence-corrected chi connectivity index (χ3v) is 14.2. The summed E-state index contributed by atoms with van der Waals surface area (Å²) >= 11 is 7.64. The molecule has 4 nitrogen and oxygen atoms in total. The summed E-state index contributed by atoms with van der Waals surface area (Å²) in [6.07, 6.45) is 22.3. The molecule has 5 rings (SSSR count). The molecular formula is C45H64N4S4+2. The van der Waals surface area contributed by atoms with Gasteiger partial charge in [0.25, 0.3) is 20.0 Å². The SMILES string of the molecule is CCCCCN(CCCCC)c1ccc([N+](=C2C=CC(=[N+](c3ccc(C)s3)c3ccc(C)s3)C(C)=C2)c2ccc(N(CCCCC)CCCCC)s2)s1. The average molecular weight is 789 g/mol. The van der Waals surface area contributed by atoms with E-state index in [9.17, 15) is 0 Å². The predicted octanol–water partition coefficient (Wildman–Crippen LogP) is 14.7. The summed E-state index contributed by atoms with van der Waals surface area (Å²) in [5.74, 6) is 0. The molecule has 0 fully saturated rings. The van der Waals surface area contributed by atoms with Crippen molar-refractivity contribution in [3.05, 3.63) is 82.1 Å². The zero-order chi connectivity index (χ0) is 37.6. The van der Waals surface area contributed by atoms with Crippen LogP contribution in [0.2, 0.25) is 0 Å². The molecule has 53 heavy (non-hydrogen) atoms. The first-order chi connectivity index (χ1) is 25.9. The summed E-state index contributed by atoms with van der Waals surface area (Å²) in [4.78, 5) is 7.99. The van der Waals surface area contributed by atoms with E-state index in [1.165, 1.54) is 134 Å². The van der Waals surface area contributed by atoms with Crippen LogP contribution in [0.15, 0.2) is 72.3 Å². The van der Waals surface area contributed by atoms with Gasteiger partial charge >= 0.3 is 0 Å². The molecule has 1 aliphatic rings. The molecule has 0 saturated carbocycles. The van der Waals surface area contributed by atoms with Crippen molar-refractivity contribution >= 4 is 86.8 Å². The lowest BCUT2D eigenvalue weighted by atomic mass is 10.0. The first kappa shape index (κ1) is 41.4. The largest absolute Gasteiger partial charge is 0.363 e. The van der Waals surface area contributed by atoms with Crippen LogP contribution in [0.5, 0.6) is 0 Å². The van der Waals surface area contributed by atoms with Crippen LogP contribution >= 0.6 is 45.3 Å². The summed E-state index contributed by atoms with van der Waals surface area (Å²) in [6.45, 7) is 20.5. The molecule has 0 aromatic carbocycles. The maximum atomic E-state index is 2.67.